The van der Waals surface area contributed by atoms with Crippen molar-refractivity contribution < 1.29 is 14.0 Å². The summed E-state index contributed by atoms with van der Waals surface area (Å²) in [6.07, 6.45) is 1.90. The first-order valence-corrected chi connectivity index (χ1v) is 7.70. The van der Waals surface area contributed by atoms with Gasteiger partial charge in [-0.3, -0.25) is 9.59 Å². The first-order valence-electron chi connectivity index (χ1n) is 6.66. The van der Waals surface area contributed by atoms with E-state index in [1.54, 1.807) is 24.3 Å². The molecule has 1 aromatic carbocycles. The molecule has 0 spiro atoms. The Hall–Kier alpha value is -1.82. The van der Waals surface area contributed by atoms with Gasteiger partial charge in [-0.25, -0.2) is 4.39 Å². The zero-order valence-electron chi connectivity index (χ0n) is 11.5. The van der Waals surface area contributed by atoms with Crippen molar-refractivity contribution in [2.75, 3.05) is 12.3 Å². The Kier molecular flexibility index (Phi) is 5.38. The number of hydrogen-bond acceptors (Lipinski definition) is 3. The van der Waals surface area contributed by atoms with Crippen molar-refractivity contribution in [3.63, 3.8) is 0 Å². The van der Waals surface area contributed by atoms with Crippen LogP contribution in [-0.4, -0.2) is 35.4 Å². The van der Waals surface area contributed by atoms with E-state index in [1.807, 2.05) is 0 Å². The number of carbonyl (C=O) groups excluding carboxylic acids is 2. The highest BCUT2D eigenvalue weighted by atomic mass is 32.2. The lowest BCUT2D eigenvalue weighted by atomic mass is 10.1. The molecule has 2 N–H and O–H groups in total. The Morgan fingerprint density at radius 1 is 1.52 bits per heavy atom. The Balaban J connectivity index is 1.92. The molecule has 2 atom stereocenters. The van der Waals surface area contributed by atoms with Crippen molar-refractivity contribution in [3.8, 4) is 0 Å². The van der Waals surface area contributed by atoms with Gasteiger partial charge in [0, 0.05) is 12.3 Å². The van der Waals surface area contributed by atoms with Gasteiger partial charge in [-0.05, 0) is 18.1 Å². The maximum atomic E-state index is 13.6. The summed E-state index contributed by atoms with van der Waals surface area (Å²) >= 11 is 1.38. The average molecular weight is 308 g/mol. The van der Waals surface area contributed by atoms with Gasteiger partial charge in [0.15, 0.2) is 0 Å². The summed E-state index contributed by atoms with van der Waals surface area (Å²) in [5, 5.41) is 4.97. The van der Waals surface area contributed by atoms with Crippen LogP contribution in [0.3, 0.4) is 0 Å². The standard InChI is InChI=1S/C15H17FN2O2S/c1-2-7-17-14(19)12-9-21-13(15(20)18-12)8-10-5-3-4-6-11(10)16/h2-6,12-13H,1,7-9H2,(H,17,19)(H,18,20). The van der Waals surface area contributed by atoms with E-state index in [0.29, 0.717) is 24.3 Å². The van der Waals surface area contributed by atoms with E-state index in [9.17, 15) is 14.0 Å². The van der Waals surface area contributed by atoms with Crippen molar-refractivity contribution in [1.82, 2.24) is 10.6 Å². The SMILES string of the molecule is C=CCNC(=O)C1CSC(Cc2ccccc2F)C(=O)N1. The number of amides is 2. The second-order valence-electron chi connectivity index (χ2n) is 4.71. The quantitative estimate of drug-likeness (QED) is 0.806. The zero-order valence-corrected chi connectivity index (χ0v) is 12.3. The molecule has 1 fully saturated rings. The molecule has 2 rings (SSSR count). The van der Waals surface area contributed by atoms with Gasteiger partial charge < -0.3 is 10.6 Å². The molecule has 1 aromatic rings. The number of thioether (sulfide) groups is 1. The minimum absolute atomic E-state index is 0.222. The van der Waals surface area contributed by atoms with Crippen LogP contribution >= 0.6 is 11.8 Å². The molecule has 6 heteroatoms. The number of rotatable bonds is 5. The van der Waals surface area contributed by atoms with Crippen LogP contribution in [0.15, 0.2) is 36.9 Å². The highest BCUT2D eigenvalue weighted by Gasteiger charge is 2.32. The van der Waals surface area contributed by atoms with E-state index in [2.05, 4.69) is 17.2 Å². The summed E-state index contributed by atoms with van der Waals surface area (Å²) in [4.78, 5) is 23.8. The van der Waals surface area contributed by atoms with Crippen molar-refractivity contribution in [1.29, 1.82) is 0 Å². The largest absolute Gasteiger partial charge is 0.351 e. The molecule has 0 saturated carbocycles. The number of benzene rings is 1. The van der Waals surface area contributed by atoms with E-state index >= 15 is 0 Å². The minimum Gasteiger partial charge on any atom is -0.351 e. The van der Waals surface area contributed by atoms with E-state index < -0.39 is 6.04 Å². The Labute approximate surface area is 127 Å². The maximum Gasteiger partial charge on any atom is 0.243 e. The van der Waals surface area contributed by atoms with Gasteiger partial charge in [0.1, 0.15) is 11.9 Å². The van der Waals surface area contributed by atoms with Gasteiger partial charge in [0.25, 0.3) is 0 Å². The maximum absolute atomic E-state index is 13.6. The third kappa shape index (κ3) is 4.07. The number of hydrogen-bond donors (Lipinski definition) is 2. The van der Waals surface area contributed by atoms with Crippen LogP contribution in [0, 0.1) is 5.82 Å². The van der Waals surface area contributed by atoms with Crippen LogP contribution in [-0.2, 0) is 16.0 Å². The molecule has 21 heavy (non-hydrogen) atoms. The lowest BCUT2D eigenvalue weighted by Crippen LogP contribution is -2.54. The van der Waals surface area contributed by atoms with Crippen molar-refractivity contribution >= 4 is 23.6 Å². The van der Waals surface area contributed by atoms with Crippen LogP contribution in [0.1, 0.15) is 5.56 Å². The molecule has 4 nitrogen and oxygen atoms in total. The van der Waals surface area contributed by atoms with Crippen LogP contribution < -0.4 is 10.6 Å². The second kappa shape index (κ2) is 7.26. The molecule has 0 aromatic heterocycles. The number of carbonyl (C=O) groups is 2. The fourth-order valence-corrected chi connectivity index (χ4v) is 3.22. The molecule has 1 aliphatic rings. The van der Waals surface area contributed by atoms with Gasteiger partial charge in [0.2, 0.25) is 11.8 Å². The average Bonchev–Trinajstić information content (AvgIpc) is 2.49. The van der Waals surface area contributed by atoms with E-state index in [0.717, 1.165) is 0 Å². The van der Waals surface area contributed by atoms with Crippen LogP contribution in [0.4, 0.5) is 4.39 Å². The summed E-state index contributed by atoms with van der Waals surface area (Å²) in [5.41, 5.74) is 0.514. The summed E-state index contributed by atoms with van der Waals surface area (Å²) in [6, 6.07) is 5.87. The monoisotopic (exact) mass is 308 g/mol. The molecule has 0 bridgehead atoms. The second-order valence-corrected chi connectivity index (χ2v) is 5.95. The molecule has 112 valence electrons. The van der Waals surface area contributed by atoms with E-state index in [1.165, 1.54) is 17.8 Å². The predicted molar refractivity (Wildman–Crippen MR) is 81.5 cm³/mol. The van der Waals surface area contributed by atoms with E-state index in [-0.39, 0.29) is 22.9 Å². The Morgan fingerprint density at radius 2 is 2.29 bits per heavy atom. The lowest BCUT2D eigenvalue weighted by Gasteiger charge is -2.28. The van der Waals surface area contributed by atoms with Crippen LogP contribution in [0.25, 0.3) is 0 Å². The first kappa shape index (κ1) is 15.6. The van der Waals surface area contributed by atoms with Crippen LogP contribution in [0.2, 0.25) is 0 Å². The summed E-state index contributed by atoms with van der Waals surface area (Å²) in [5.74, 6) is -0.279. The Morgan fingerprint density at radius 3 is 2.95 bits per heavy atom. The normalized spacial score (nSPS) is 21.5. The lowest BCUT2D eigenvalue weighted by molar-refractivity contribution is -0.128. The molecule has 1 saturated heterocycles. The third-order valence-corrected chi connectivity index (χ3v) is 4.48. The molecule has 1 aliphatic heterocycles. The fraction of sp³-hybridized carbons (Fsp3) is 0.333. The topological polar surface area (TPSA) is 58.2 Å². The highest BCUT2D eigenvalue weighted by molar-refractivity contribution is 8.00. The third-order valence-electron chi connectivity index (χ3n) is 3.17. The molecule has 2 unspecified atom stereocenters. The summed E-state index contributed by atoms with van der Waals surface area (Å²) < 4.78 is 13.6. The molecular weight excluding hydrogens is 291 g/mol. The highest BCUT2D eigenvalue weighted by Crippen LogP contribution is 2.23. The van der Waals surface area contributed by atoms with E-state index in [4.69, 9.17) is 0 Å². The molecule has 0 radical (unpaired) electrons. The molecule has 2 amide bonds. The zero-order chi connectivity index (χ0) is 15.2. The molecule has 1 heterocycles. The number of halogens is 1. The Bertz CT molecular complexity index is 550. The van der Waals surface area contributed by atoms with Gasteiger partial charge in [-0.15, -0.1) is 18.3 Å². The summed E-state index contributed by atoms with van der Waals surface area (Å²) in [7, 11) is 0. The van der Waals surface area contributed by atoms with Gasteiger partial charge in [-0.1, -0.05) is 24.3 Å². The molecule has 0 aliphatic carbocycles. The van der Waals surface area contributed by atoms with Gasteiger partial charge >= 0.3 is 0 Å². The predicted octanol–water partition coefficient (Wildman–Crippen LogP) is 1.27. The molecular formula is C15H17FN2O2S. The van der Waals surface area contributed by atoms with Crippen LogP contribution in [0.5, 0.6) is 0 Å². The van der Waals surface area contributed by atoms with Gasteiger partial charge in [0.05, 0.1) is 5.25 Å². The van der Waals surface area contributed by atoms with Crippen molar-refractivity contribution in [2.45, 2.75) is 17.7 Å². The number of nitrogens with one attached hydrogen (secondary N) is 2. The minimum atomic E-state index is -0.542. The first-order chi connectivity index (χ1) is 10.1. The smallest absolute Gasteiger partial charge is 0.243 e. The van der Waals surface area contributed by atoms with Crippen molar-refractivity contribution in [2.24, 2.45) is 0 Å². The van der Waals surface area contributed by atoms with Gasteiger partial charge in [-0.2, -0.15) is 0 Å². The fourth-order valence-electron chi connectivity index (χ4n) is 2.05. The van der Waals surface area contributed by atoms with Crippen molar-refractivity contribution in [3.05, 3.63) is 48.3 Å². The summed E-state index contributed by atoms with van der Waals surface area (Å²) in [6.45, 7) is 3.89.